The lowest BCUT2D eigenvalue weighted by Gasteiger charge is -2.33. The number of rotatable bonds is 3. The molecule has 1 atom stereocenters. The van der Waals surface area contributed by atoms with Crippen molar-refractivity contribution in [2.75, 3.05) is 6.54 Å². The maximum Gasteiger partial charge on any atom is 0.304 e. The minimum atomic E-state index is -0.889. The lowest BCUT2D eigenvalue weighted by molar-refractivity contribution is -0.541. The summed E-state index contributed by atoms with van der Waals surface area (Å²) in [4.78, 5) is 24.9. The second kappa shape index (κ2) is 6.19. The van der Waals surface area contributed by atoms with Crippen LogP contribution in [0.3, 0.4) is 0 Å². The molecule has 0 aliphatic carbocycles. The molecule has 1 N–H and O–H groups in total. The van der Waals surface area contributed by atoms with Crippen LogP contribution < -0.4 is 0 Å². The van der Waals surface area contributed by atoms with Crippen LogP contribution in [0.5, 0.6) is 0 Å². The lowest BCUT2D eigenvalue weighted by Crippen LogP contribution is -2.55. The zero-order valence-electron chi connectivity index (χ0n) is 15.9. The van der Waals surface area contributed by atoms with Gasteiger partial charge in [-0.05, 0) is 46.6 Å². The van der Waals surface area contributed by atoms with Crippen LogP contribution in [-0.2, 0) is 0 Å². The molecular weight excluding hydrogens is 352 g/mol. The van der Waals surface area contributed by atoms with E-state index in [0.717, 1.165) is 9.80 Å². The molecule has 0 saturated carbocycles. The number of benzene rings is 1. The third-order valence-electron chi connectivity index (χ3n) is 6.08. The first kappa shape index (κ1) is 19.1. The fourth-order valence-corrected chi connectivity index (χ4v) is 3.64. The van der Waals surface area contributed by atoms with Crippen molar-refractivity contribution < 1.29 is 19.7 Å². The molecule has 2 heterocycles. The predicted octanol–water partition coefficient (Wildman–Crippen LogP) is 2.37. The molecule has 9 nitrogen and oxygen atoms in total. The van der Waals surface area contributed by atoms with Gasteiger partial charge in [0.15, 0.2) is 5.54 Å². The third-order valence-corrected chi connectivity index (χ3v) is 6.08. The first-order chi connectivity index (χ1) is 12.5. The molecule has 2 aliphatic heterocycles. The van der Waals surface area contributed by atoms with E-state index in [1.807, 2.05) is 0 Å². The minimum Gasteiger partial charge on any atom is -0.715 e. The largest absolute Gasteiger partial charge is 0.715 e. The summed E-state index contributed by atoms with van der Waals surface area (Å²) in [5, 5.41) is 35.6. The van der Waals surface area contributed by atoms with Gasteiger partial charge in [0.25, 0.3) is 11.6 Å². The maximum atomic E-state index is 13.0. The van der Waals surface area contributed by atoms with Crippen molar-refractivity contribution >= 4 is 17.4 Å². The summed E-state index contributed by atoms with van der Waals surface area (Å²) >= 11 is 0. The van der Waals surface area contributed by atoms with Gasteiger partial charge >= 0.3 is 5.84 Å². The van der Waals surface area contributed by atoms with Crippen LogP contribution in [0.1, 0.15) is 50.9 Å². The Morgan fingerprint density at radius 1 is 1.33 bits per heavy atom. The molecule has 3 rings (SSSR count). The normalized spacial score (nSPS) is 23.8. The van der Waals surface area contributed by atoms with Gasteiger partial charge in [-0.15, -0.1) is 5.06 Å². The number of nitrogens with zero attached hydrogens (tertiary/aromatic N) is 4. The molecule has 0 bridgehead atoms. The number of hydrogen-bond acceptors (Lipinski definition) is 6. The van der Waals surface area contributed by atoms with Crippen LogP contribution >= 0.6 is 0 Å². The van der Waals surface area contributed by atoms with Gasteiger partial charge in [0.1, 0.15) is 11.6 Å². The number of likely N-dealkylation sites (tertiary alicyclic amines) is 1. The number of nitro benzene ring substituents is 1. The van der Waals surface area contributed by atoms with Crippen LogP contribution in [-0.4, -0.2) is 60.2 Å². The number of non-ortho nitro benzene ring substituents is 1. The third kappa shape index (κ3) is 2.73. The van der Waals surface area contributed by atoms with Gasteiger partial charge in [-0.2, -0.15) is 0 Å². The zero-order chi connectivity index (χ0) is 20.1. The van der Waals surface area contributed by atoms with E-state index in [9.17, 15) is 25.3 Å². The summed E-state index contributed by atoms with van der Waals surface area (Å²) in [6, 6.07) is 4.95. The fraction of sp³-hybridized carbons (Fsp3) is 0.556. The second-order valence-corrected chi connectivity index (χ2v) is 8.05. The van der Waals surface area contributed by atoms with Crippen LogP contribution in [0, 0.1) is 15.3 Å². The highest BCUT2D eigenvalue weighted by atomic mass is 16.6. The van der Waals surface area contributed by atoms with Crippen molar-refractivity contribution in [1.82, 2.24) is 9.96 Å². The molecule has 1 amide bonds. The van der Waals surface area contributed by atoms with Crippen molar-refractivity contribution in [3.63, 3.8) is 0 Å². The predicted molar refractivity (Wildman–Crippen MR) is 97.6 cm³/mol. The first-order valence-electron chi connectivity index (χ1n) is 8.89. The zero-order valence-corrected chi connectivity index (χ0v) is 15.9. The molecule has 146 valence electrons. The molecule has 9 heteroatoms. The Morgan fingerprint density at radius 3 is 2.56 bits per heavy atom. The van der Waals surface area contributed by atoms with Gasteiger partial charge in [0, 0.05) is 24.2 Å². The van der Waals surface area contributed by atoms with Crippen molar-refractivity contribution in [2.45, 2.75) is 57.7 Å². The van der Waals surface area contributed by atoms with Crippen LogP contribution in [0.15, 0.2) is 24.3 Å². The Kier molecular flexibility index (Phi) is 4.38. The lowest BCUT2D eigenvalue weighted by atomic mass is 9.84. The molecule has 1 aromatic carbocycles. The summed E-state index contributed by atoms with van der Waals surface area (Å²) in [6.45, 7) is 7.45. The smallest absolute Gasteiger partial charge is 0.304 e. The number of nitro groups is 1. The van der Waals surface area contributed by atoms with Crippen molar-refractivity contribution in [1.29, 1.82) is 0 Å². The number of carbonyl (C=O) groups excluding carboxylic acids is 1. The maximum absolute atomic E-state index is 13.0. The molecule has 2 aliphatic rings. The molecule has 0 aromatic heterocycles. The fourth-order valence-electron chi connectivity index (χ4n) is 3.64. The Balaban J connectivity index is 1.97. The summed E-state index contributed by atoms with van der Waals surface area (Å²) < 4.78 is 0.788. The number of amides is 1. The Hall–Kier alpha value is -2.68. The standard InChI is InChI=1S/C18H24N4O5/c1-17(2)18(3,4)21(25)15(20(17)24)14-9-6-10-19(14)16(23)12-7-5-8-13(11-12)22(26)27/h5,7-8,11,14,24H,6,9-10H2,1-4H3. The molecule has 1 aromatic rings. The Morgan fingerprint density at radius 2 is 2.00 bits per heavy atom. The molecule has 27 heavy (non-hydrogen) atoms. The van der Waals surface area contributed by atoms with E-state index in [1.165, 1.54) is 29.2 Å². The highest BCUT2D eigenvalue weighted by Crippen LogP contribution is 2.38. The van der Waals surface area contributed by atoms with Crippen molar-refractivity contribution in [3.8, 4) is 0 Å². The molecule has 1 saturated heterocycles. The highest BCUT2D eigenvalue weighted by molar-refractivity contribution is 5.98. The van der Waals surface area contributed by atoms with Gasteiger partial charge in [0.05, 0.1) is 4.92 Å². The average Bonchev–Trinajstić information content (AvgIpc) is 3.13. The van der Waals surface area contributed by atoms with Crippen molar-refractivity contribution in [2.24, 2.45) is 0 Å². The summed E-state index contributed by atoms with van der Waals surface area (Å²) in [5.74, 6) is -0.251. The average molecular weight is 376 g/mol. The monoisotopic (exact) mass is 376 g/mol. The van der Waals surface area contributed by atoms with E-state index < -0.39 is 28.0 Å². The summed E-state index contributed by atoms with van der Waals surface area (Å²) in [7, 11) is 0. The Bertz CT molecular complexity index is 833. The first-order valence-corrected chi connectivity index (χ1v) is 8.89. The van der Waals surface area contributed by atoms with E-state index in [4.69, 9.17) is 0 Å². The summed E-state index contributed by atoms with van der Waals surface area (Å²) in [6.07, 6.45) is 1.22. The number of amidine groups is 1. The second-order valence-electron chi connectivity index (χ2n) is 8.05. The van der Waals surface area contributed by atoms with E-state index in [2.05, 4.69) is 0 Å². The molecule has 1 fully saturated rings. The number of hydrogen-bond donors (Lipinski definition) is 1. The van der Waals surface area contributed by atoms with Gasteiger partial charge in [-0.3, -0.25) is 19.6 Å². The Labute approximate surface area is 157 Å². The van der Waals surface area contributed by atoms with Crippen LogP contribution in [0.4, 0.5) is 5.69 Å². The quantitative estimate of drug-likeness (QED) is 0.375. The van der Waals surface area contributed by atoms with Gasteiger partial charge < -0.3 is 10.1 Å². The number of carbonyl (C=O) groups is 1. The minimum absolute atomic E-state index is 0.140. The van der Waals surface area contributed by atoms with E-state index in [-0.39, 0.29) is 17.1 Å². The molecule has 1 unspecified atom stereocenters. The molecular formula is C18H24N4O5. The van der Waals surface area contributed by atoms with Gasteiger partial charge in [-0.1, -0.05) is 6.07 Å². The number of hydroxylamine groups is 3. The SMILES string of the molecule is CC1(C)N(O)C(C2CCCN2C(=O)c2cccc([N+](=O)[O-])c2)=[N+]([O-])C1(C)C. The van der Waals surface area contributed by atoms with E-state index >= 15 is 0 Å². The van der Waals surface area contributed by atoms with Crippen LogP contribution in [0.2, 0.25) is 0 Å². The topological polar surface area (TPSA) is 113 Å². The van der Waals surface area contributed by atoms with E-state index in [0.29, 0.717) is 19.4 Å². The summed E-state index contributed by atoms with van der Waals surface area (Å²) in [5.41, 5.74) is -1.70. The van der Waals surface area contributed by atoms with E-state index in [1.54, 1.807) is 27.7 Å². The van der Waals surface area contributed by atoms with Crippen LogP contribution in [0.25, 0.3) is 0 Å². The molecule has 0 radical (unpaired) electrons. The highest BCUT2D eigenvalue weighted by Gasteiger charge is 2.61. The molecule has 0 spiro atoms. The van der Waals surface area contributed by atoms with Gasteiger partial charge in [0.2, 0.25) is 0 Å². The van der Waals surface area contributed by atoms with Gasteiger partial charge in [-0.25, -0.2) is 5.21 Å². The van der Waals surface area contributed by atoms with Crippen molar-refractivity contribution in [3.05, 3.63) is 45.2 Å².